The summed E-state index contributed by atoms with van der Waals surface area (Å²) in [6.45, 7) is 1.31. The quantitative estimate of drug-likeness (QED) is 0.0857. The number of carboxylic acid groups (broad SMARTS) is 1. The third-order valence-electron chi connectivity index (χ3n) is 8.36. The minimum Gasteiger partial charge on any atom is -0.494 e. The highest BCUT2D eigenvalue weighted by molar-refractivity contribution is 6.12. The average molecular weight is 664 g/mol. The summed E-state index contributed by atoms with van der Waals surface area (Å²) in [5.74, 6) is -0.708. The number of aromatic nitrogens is 1. The van der Waals surface area contributed by atoms with Crippen molar-refractivity contribution in [3.05, 3.63) is 174 Å². The molecule has 0 radical (unpaired) electrons. The van der Waals surface area contributed by atoms with E-state index in [9.17, 15) is 19.5 Å². The van der Waals surface area contributed by atoms with Gasteiger partial charge in [0.05, 0.1) is 12.1 Å². The van der Waals surface area contributed by atoms with Crippen LogP contribution in [-0.2, 0) is 17.8 Å². The lowest BCUT2D eigenvalue weighted by atomic mass is 10.00. The Morgan fingerprint density at radius 3 is 2.16 bits per heavy atom. The zero-order valence-corrected chi connectivity index (χ0v) is 27.4. The minimum absolute atomic E-state index is 0.141. The molecule has 8 nitrogen and oxygen atoms in total. The molecule has 0 saturated heterocycles. The number of pyridine rings is 1. The smallest absolute Gasteiger partial charge is 0.326 e. The largest absolute Gasteiger partial charge is 0.494 e. The van der Waals surface area contributed by atoms with Gasteiger partial charge in [-0.2, -0.15) is 0 Å². The number of ether oxygens (including phenoxy) is 1. The number of nitrogens with zero attached hydrogens (tertiary/aromatic N) is 2. The van der Waals surface area contributed by atoms with Crippen molar-refractivity contribution in [2.45, 2.75) is 25.4 Å². The average Bonchev–Trinajstić information content (AvgIpc) is 3.16. The van der Waals surface area contributed by atoms with Gasteiger partial charge in [0, 0.05) is 41.7 Å². The van der Waals surface area contributed by atoms with E-state index in [0.29, 0.717) is 54.4 Å². The second kappa shape index (κ2) is 16.2. The summed E-state index contributed by atoms with van der Waals surface area (Å²) < 4.78 is 6.01. The van der Waals surface area contributed by atoms with Crippen molar-refractivity contribution in [3.8, 4) is 5.75 Å². The van der Waals surface area contributed by atoms with Crippen molar-refractivity contribution in [3.63, 3.8) is 0 Å². The van der Waals surface area contributed by atoms with Gasteiger partial charge in [0.2, 0.25) is 0 Å². The van der Waals surface area contributed by atoms with Gasteiger partial charge in [-0.15, -0.1) is 0 Å². The molecule has 250 valence electrons. The summed E-state index contributed by atoms with van der Waals surface area (Å²) in [6, 6.07) is 43.5. The topological polar surface area (TPSA) is 109 Å². The van der Waals surface area contributed by atoms with E-state index in [1.54, 1.807) is 59.5 Å². The molecule has 0 aliphatic rings. The Morgan fingerprint density at radius 2 is 1.40 bits per heavy atom. The number of fused-ring (bicyclic) bond motifs is 1. The van der Waals surface area contributed by atoms with Crippen LogP contribution < -0.4 is 10.1 Å². The Balaban J connectivity index is 1.06. The second-order valence-electron chi connectivity index (χ2n) is 11.9. The van der Waals surface area contributed by atoms with Gasteiger partial charge in [0.15, 0.2) is 5.78 Å². The Kier molecular flexibility index (Phi) is 10.9. The zero-order chi connectivity index (χ0) is 34.7. The van der Waals surface area contributed by atoms with Crippen LogP contribution in [0.15, 0.2) is 146 Å². The van der Waals surface area contributed by atoms with Gasteiger partial charge in [0.25, 0.3) is 5.91 Å². The molecular weight excluding hydrogens is 626 g/mol. The van der Waals surface area contributed by atoms with Gasteiger partial charge in [0.1, 0.15) is 17.5 Å². The van der Waals surface area contributed by atoms with Crippen LogP contribution in [0, 0.1) is 0 Å². The standard InChI is InChI=1S/C42H37N3O5/c46-40(33-15-5-2-6-16-33)35-17-8-10-19-37(35)44-39(42(48)49)28-30-20-23-34(24-21-30)50-27-11-26-45(29-31-12-3-1-4-13-31)41(47)38-25-22-32-14-7-9-18-36(32)43-38/h1-10,12-25,39,44H,11,26-29H2,(H,48,49). The molecule has 8 heteroatoms. The number of carbonyl (C=O) groups excluding carboxylic acids is 2. The molecule has 0 bridgehead atoms. The van der Waals surface area contributed by atoms with Crippen molar-refractivity contribution in [2.75, 3.05) is 18.5 Å². The first-order chi connectivity index (χ1) is 24.4. The predicted molar refractivity (Wildman–Crippen MR) is 195 cm³/mol. The number of ketones is 1. The number of hydrogen-bond donors (Lipinski definition) is 2. The monoisotopic (exact) mass is 663 g/mol. The fraction of sp³-hybridized carbons (Fsp3) is 0.143. The van der Waals surface area contributed by atoms with Crippen LogP contribution in [-0.4, -0.2) is 51.8 Å². The SMILES string of the molecule is O=C(c1ccccc1)c1ccccc1NC(Cc1ccc(OCCCN(Cc2ccccc2)C(=O)c2ccc3ccccc3n2)cc1)C(=O)O. The van der Waals surface area contributed by atoms with E-state index in [1.807, 2.05) is 91.0 Å². The molecule has 1 amide bonds. The molecule has 0 aliphatic carbocycles. The number of benzene rings is 5. The summed E-state index contributed by atoms with van der Waals surface area (Å²) in [7, 11) is 0. The maximum absolute atomic E-state index is 13.6. The lowest BCUT2D eigenvalue weighted by Gasteiger charge is -2.23. The van der Waals surface area contributed by atoms with E-state index in [2.05, 4.69) is 10.3 Å². The number of carboxylic acids is 1. The van der Waals surface area contributed by atoms with Crippen molar-refractivity contribution in [2.24, 2.45) is 0 Å². The van der Waals surface area contributed by atoms with Gasteiger partial charge in [-0.25, -0.2) is 9.78 Å². The molecule has 1 aromatic heterocycles. The highest BCUT2D eigenvalue weighted by Gasteiger charge is 2.22. The first-order valence-corrected chi connectivity index (χ1v) is 16.5. The number of anilines is 1. The predicted octanol–water partition coefficient (Wildman–Crippen LogP) is 7.69. The van der Waals surface area contributed by atoms with E-state index >= 15 is 0 Å². The Bertz CT molecular complexity index is 2070. The summed E-state index contributed by atoms with van der Waals surface area (Å²) in [5, 5.41) is 14.1. The number of carbonyl (C=O) groups is 3. The summed E-state index contributed by atoms with van der Waals surface area (Å²) in [5.41, 5.74) is 4.40. The van der Waals surface area contributed by atoms with Crippen LogP contribution in [0.4, 0.5) is 5.69 Å². The van der Waals surface area contributed by atoms with E-state index in [4.69, 9.17) is 4.74 Å². The molecule has 1 heterocycles. The van der Waals surface area contributed by atoms with Crippen molar-refractivity contribution in [1.29, 1.82) is 0 Å². The number of para-hydroxylation sites is 2. The molecule has 50 heavy (non-hydrogen) atoms. The highest BCUT2D eigenvalue weighted by Crippen LogP contribution is 2.22. The number of rotatable bonds is 15. The molecule has 6 rings (SSSR count). The number of amides is 1. The number of aliphatic carboxylic acids is 1. The molecule has 0 saturated carbocycles. The molecule has 6 aromatic rings. The van der Waals surface area contributed by atoms with E-state index < -0.39 is 12.0 Å². The Morgan fingerprint density at radius 1 is 0.720 bits per heavy atom. The van der Waals surface area contributed by atoms with Crippen LogP contribution in [0.5, 0.6) is 5.75 Å². The van der Waals surface area contributed by atoms with Crippen molar-refractivity contribution >= 4 is 34.3 Å². The van der Waals surface area contributed by atoms with Gasteiger partial charge < -0.3 is 20.1 Å². The van der Waals surface area contributed by atoms with Gasteiger partial charge in [-0.05, 0) is 53.9 Å². The fourth-order valence-corrected chi connectivity index (χ4v) is 5.75. The van der Waals surface area contributed by atoms with Gasteiger partial charge in [-0.1, -0.05) is 109 Å². The fourth-order valence-electron chi connectivity index (χ4n) is 5.75. The third-order valence-corrected chi connectivity index (χ3v) is 8.36. The number of nitrogens with one attached hydrogen (secondary N) is 1. The molecule has 0 spiro atoms. The highest BCUT2D eigenvalue weighted by atomic mass is 16.5. The Labute approximate surface area is 291 Å². The van der Waals surface area contributed by atoms with Crippen LogP contribution >= 0.6 is 0 Å². The van der Waals surface area contributed by atoms with E-state index in [0.717, 1.165) is 22.0 Å². The molecule has 5 aromatic carbocycles. The van der Waals surface area contributed by atoms with Crippen LogP contribution in [0.2, 0.25) is 0 Å². The Hall–Kier alpha value is -6.28. The van der Waals surface area contributed by atoms with E-state index in [-0.39, 0.29) is 18.1 Å². The van der Waals surface area contributed by atoms with Gasteiger partial charge >= 0.3 is 5.97 Å². The minimum atomic E-state index is -1.03. The second-order valence-corrected chi connectivity index (χ2v) is 11.9. The normalized spacial score (nSPS) is 11.4. The maximum Gasteiger partial charge on any atom is 0.326 e. The lowest BCUT2D eigenvalue weighted by Crippen LogP contribution is -2.33. The summed E-state index contributed by atoms with van der Waals surface area (Å²) >= 11 is 0. The van der Waals surface area contributed by atoms with Crippen LogP contribution in [0.25, 0.3) is 10.9 Å². The number of hydrogen-bond acceptors (Lipinski definition) is 6. The summed E-state index contributed by atoms with van der Waals surface area (Å²) in [6.07, 6.45) is 0.795. The van der Waals surface area contributed by atoms with Crippen molar-refractivity contribution in [1.82, 2.24) is 9.88 Å². The first kappa shape index (κ1) is 33.6. The van der Waals surface area contributed by atoms with Crippen LogP contribution in [0.3, 0.4) is 0 Å². The lowest BCUT2D eigenvalue weighted by molar-refractivity contribution is -0.137. The molecule has 0 fully saturated rings. The maximum atomic E-state index is 13.6. The van der Waals surface area contributed by atoms with Crippen molar-refractivity contribution < 1.29 is 24.2 Å². The van der Waals surface area contributed by atoms with E-state index in [1.165, 1.54) is 0 Å². The van der Waals surface area contributed by atoms with Gasteiger partial charge in [-0.3, -0.25) is 9.59 Å². The zero-order valence-electron chi connectivity index (χ0n) is 27.4. The molecule has 1 unspecified atom stereocenters. The molecular formula is C42H37N3O5. The van der Waals surface area contributed by atoms with Crippen LogP contribution in [0.1, 0.15) is 44.0 Å². The molecule has 2 N–H and O–H groups in total. The first-order valence-electron chi connectivity index (χ1n) is 16.5. The summed E-state index contributed by atoms with van der Waals surface area (Å²) in [4.78, 5) is 45.5. The third kappa shape index (κ3) is 8.59. The molecule has 0 aliphatic heterocycles. The molecule has 1 atom stereocenters.